The van der Waals surface area contributed by atoms with Gasteiger partial charge in [0.1, 0.15) is 12.0 Å². The summed E-state index contributed by atoms with van der Waals surface area (Å²) in [6.45, 7) is 1.68. The maximum Gasteiger partial charge on any atom is 0.227 e. The molecule has 1 saturated heterocycles. The Balaban J connectivity index is 1.41. The van der Waals surface area contributed by atoms with Gasteiger partial charge in [0.15, 0.2) is 5.82 Å². The molecule has 7 heteroatoms. The van der Waals surface area contributed by atoms with Gasteiger partial charge in [-0.05, 0) is 42.7 Å². The minimum Gasteiger partial charge on any atom is -0.342 e. The molecular formula is C20H23N5OS. The Kier molecular flexibility index (Phi) is 5.29. The first-order chi connectivity index (χ1) is 13.2. The second-order valence-corrected chi connectivity index (χ2v) is 8.10. The third kappa shape index (κ3) is 4.24. The smallest absolute Gasteiger partial charge is 0.227 e. The van der Waals surface area contributed by atoms with Crippen molar-refractivity contribution in [1.29, 1.82) is 0 Å². The highest BCUT2D eigenvalue weighted by Crippen LogP contribution is 2.23. The van der Waals surface area contributed by atoms with Crippen molar-refractivity contribution >= 4 is 17.2 Å². The van der Waals surface area contributed by atoms with Crippen LogP contribution in [0, 0.1) is 5.92 Å². The van der Waals surface area contributed by atoms with Gasteiger partial charge >= 0.3 is 0 Å². The first-order valence-corrected chi connectivity index (χ1v) is 10.2. The second kappa shape index (κ2) is 8.00. The number of nitrogens with zero attached hydrogens (tertiary/aromatic N) is 5. The third-order valence-electron chi connectivity index (χ3n) is 5.05. The molecule has 3 aromatic rings. The Morgan fingerprint density at radius 2 is 2.26 bits per heavy atom. The van der Waals surface area contributed by atoms with Crippen LogP contribution in [0.3, 0.4) is 0 Å². The van der Waals surface area contributed by atoms with Gasteiger partial charge in [0.2, 0.25) is 5.91 Å². The standard InChI is InChI=1S/C20H23N5OS/c1-24-8-6-21-20(24)18-11-16(22-14-23-18)10-15-4-2-7-25(13-15)19(26)12-17-5-3-9-27-17/h3,5-6,8-9,11,14-15H,2,4,7,10,12-13H2,1H3. The maximum atomic E-state index is 12.6. The summed E-state index contributed by atoms with van der Waals surface area (Å²) in [5.74, 6) is 1.52. The van der Waals surface area contributed by atoms with Crippen molar-refractivity contribution in [1.82, 2.24) is 24.4 Å². The van der Waals surface area contributed by atoms with Crippen molar-refractivity contribution in [2.24, 2.45) is 13.0 Å². The summed E-state index contributed by atoms with van der Waals surface area (Å²) in [5, 5.41) is 2.02. The van der Waals surface area contributed by atoms with Crippen molar-refractivity contribution in [3.63, 3.8) is 0 Å². The lowest BCUT2D eigenvalue weighted by Crippen LogP contribution is -2.41. The first kappa shape index (κ1) is 17.9. The van der Waals surface area contributed by atoms with Gasteiger partial charge in [-0.3, -0.25) is 4.79 Å². The van der Waals surface area contributed by atoms with E-state index in [2.05, 4.69) is 15.0 Å². The highest BCUT2D eigenvalue weighted by Gasteiger charge is 2.24. The number of piperidine rings is 1. The topological polar surface area (TPSA) is 63.9 Å². The number of hydrogen-bond acceptors (Lipinski definition) is 5. The quantitative estimate of drug-likeness (QED) is 0.682. The molecule has 1 aliphatic rings. The minimum absolute atomic E-state index is 0.235. The fourth-order valence-corrected chi connectivity index (χ4v) is 4.37. The van der Waals surface area contributed by atoms with Crippen LogP contribution in [0.15, 0.2) is 42.3 Å². The van der Waals surface area contributed by atoms with E-state index >= 15 is 0 Å². The zero-order valence-electron chi connectivity index (χ0n) is 15.4. The van der Waals surface area contributed by atoms with Crippen LogP contribution in [0.1, 0.15) is 23.4 Å². The average Bonchev–Trinajstić information content (AvgIpc) is 3.34. The molecule has 1 atom stereocenters. The van der Waals surface area contributed by atoms with Crippen LogP contribution in [0.5, 0.6) is 0 Å². The number of likely N-dealkylation sites (tertiary alicyclic amines) is 1. The molecule has 0 radical (unpaired) electrons. The maximum absolute atomic E-state index is 12.6. The zero-order chi connectivity index (χ0) is 18.6. The minimum atomic E-state index is 0.235. The van der Waals surface area contributed by atoms with Crippen LogP contribution in [-0.4, -0.2) is 43.4 Å². The molecule has 0 N–H and O–H groups in total. The third-order valence-corrected chi connectivity index (χ3v) is 5.93. The molecule has 27 heavy (non-hydrogen) atoms. The Labute approximate surface area is 162 Å². The number of carbonyl (C=O) groups excluding carboxylic acids is 1. The number of amides is 1. The van der Waals surface area contributed by atoms with E-state index in [0.717, 1.165) is 54.4 Å². The van der Waals surface area contributed by atoms with Crippen molar-refractivity contribution < 1.29 is 4.79 Å². The van der Waals surface area contributed by atoms with Crippen LogP contribution in [0.25, 0.3) is 11.5 Å². The second-order valence-electron chi connectivity index (χ2n) is 7.06. The number of aromatic nitrogens is 4. The number of imidazole rings is 1. The van der Waals surface area contributed by atoms with Crippen molar-refractivity contribution in [2.75, 3.05) is 13.1 Å². The summed E-state index contributed by atoms with van der Waals surface area (Å²) in [5.41, 5.74) is 1.86. The summed E-state index contributed by atoms with van der Waals surface area (Å²) < 4.78 is 1.96. The Morgan fingerprint density at radius 3 is 3.04 bits per heavy atom. The van der Waals surface area contributed by atoms with E-state index in [0.29, 0.717) is 12.3 Å². The predicted octanol–water partition coefficient (Wildman–Crippen LogP) is 2.96. The van der Waals surface area contributed by atoms with Crippen molar-refractivity contribution in [2.45, 2.75) is 25.7 Å². The van der Waals surface area contributed by atoms with E-state index in [9.17, 15) is 4.79 Å². The molecule has 140 valence electrons. The predicted molar refractivity (Wildman–Crippen MR) is 105 cm³/mol. The molecule has 4 rings (SSSR count). The zero-order valence-corrected chi connectivity index (χ0v) is 16.2. The van der Waals surface area contributed by atoms with Gasteiger partial charge < -0.3 is 9.47 Å². The van der Waals surface area contributed by atoms with Gasteiger partial charge in [-0.15, -0.1) is 11.3 Å². The molecule has 3 aromatic heterocycles. The number of thiophene rings is 1. The molecule has 4 heterocycles. The van der Waals surface area contributed by atoms with E-state index in [4.69, 9.17) is 0 Å². The first-order valence-electron chi connectivity index (χ1n) is 9.28. The summed E-state index contributed by atoms with van der Waals surface area (Å²) in [6.07, 6.45) is 8.86. The molecule has 0 aliphatic carbocycles. The molecule has 1 fully saturated rings. The van der Waals surface area contributed by atoms with E-state index < -0.39 is 0 Å². The van der Waals surface area contributed by atoms with E-state index in [1.54, 1.807) is 23.9 Å². The number of carbonyl (C=O) groups is 1. The van der Waals surface area contributed by atoms with Crippen LogP contribution in [0.4, 0.5) is 0 Å². The van der Waals surface area contributed by atoms with Crippen molar-refractivity contribution in [3.8, 4) is 11.5 Å². The Bertz CT molecular complexity index is 905. The molecule has 1 unspecified atom stereocenters. The van der Waals surface area contributed by atoms with E-state index in [1.165, 1.54) is 0 Å². The Morgan fingerprint density at radius 1 is 1.33 bits per heavy atom. The lowest BCUT2D eigenvalue weighted by molar-refractivity contribution is -0.132. The summed E-state index contributed by atoms with van der Waals surface area (Å²) in [6, 6.07) is 6.05. The monoisotopic (exact) mass is 381 g/mol. The summed E-state index contributed by atoms with van der Waals surface area (Å²) in [7, 11) is 1.96. The fourth-order valence-electron chi connectivity index (χ4n) is 3.67. The average molecular weight is 382 g/mol. The number of aryl methyl sites for hydroxylation is 1. The number of rotatable bonds is 5. The molecule has 1 amide bonds. The summed E-state index contributed by atoms with van der Waals surface area (Å²) >= 11 is 1.65. The molecule has 0 spiro atoms. The number of hydrogen-bond donors (Lipinski definition) is 0. The molecule has 6 nitrogen and oxygen atoms in total. The lowest BCUT2D eigenvalue weighted by Gasteiger charge is -2.32. The largest absolute Gasteiger partial charge is 0.342 e. The van der Waals surface area contributed by atoms with Gasteiger partial charge in [0.25, 0.3) is 0 Å². The molecule has 0 saturated carbocycles. The van der Waals surface area contributed by atoms with Gasteiger partial charge in [-0.25, -0.2) is 15.0 Å². The van der Waals surface area contributed by atoms with Crippen LogP contribution in [0.2, 0.25) is 0 Å². The van der Waals surface area contributed by atoms with Crippen LogP contribution >= 0.6 is 11.3 Å². The summed E-state index contributed by atoms with van der Waals surface area (Å²) in [4.78, 5) is 28.9. The van der Waals surface area contributed by atoms with Gasteiger partial charge in [-0.2, -0.15) is 0 Å². The van der Waals surface area contributed by atoms with E-state index in [1.807, 2.05) is 46.3 Å². The highest BCUT2D eigenvalue weighted by atomic mass is 32.1. The van der Waals surface area contributed by atoms with Crippen LogP contribution < -0.4 is 0 Å². The SMILES string of the molecule is Cn1ccnc1-c1cc(CC2CCCN(C(=O)Cc3cccs3)C2)ncn1. The van der Waals surface area contributed by atoms with Crippen molar-refractivity contribution in [3.05, 3.63) is 52.9 Å². The highest BCUT2D eigenvalue weighted by molar-refractivity contribution is 7.10. The molecule has 1 aliphatic heterocycles. The van der Waals surface area contributed by atoms with Gasteiger partial charge in [-0.1, -0.05) is 6.07 Å². The molecule has 0 aromatic carbocycles. The fraction of sp³-hybridized carbons (Fsp3) is 0.400. The Hall–Kier alpha value is -2.54. The molecular weight excluding hydrogens is 358 g/mol. The van der Waals surface area contributed by atoms with E-state index in [-0.39, 0.29) is 5.91 Å². The normalized spacial score (nSPS) is 17.2. The van der Waals surface area contributed by atoms with Gasteiger partial charge in [0.05, 0.1) is 6.42 Å². The molecule has 0 bridgehead atoms. The van der Waals surface area contributed by atoms with Crippen LogP contribution in [-0.2, 0) is 24.7 Å². The van der Waals surface area contributed by atoms with Gasteiger partial charge in [0, 0.05) is 43.1 Å². The lowest BCUT2D eigenvalue weighted by atomic mass is 9.93.